The van der Waals surface area contributed by atoms with Crippen LogP contribution in [0.5, 0.6) is 5.75 Å². The highest BCUT2D eigenvalue weighted by molar-refractivity contribution is 5.99. The number of amidine groups is 1. The average Bonchev–Trinajstić information content (AvgIpc) is 2.36. The standard InChI is InChI=1S/C14H23N3O2/c1-10-6-7-12(11(8-10)13(15)16-18)19-9-14(2,3)17(4)5/h6-8,18H,9H2,1-5H3,(H2,15,16). The molecule has 19 heavy (non-hydrogen) atoms. The van der Waals surface area contributed by atoms with Gasteiger partial charge < -0.3 is 20.6 Å². The maximum Gasteiger partial charge on any atom is 0.173 e. The highest BCUT2D eigenvalue weighted by atomic mass is 16.5. The van der Waals surface area contributed by atoms with E-state index in [2.05, 4.69) is 23.9 Å². The van der Waals surface area contributed by atoms with Gasteiger partial charge in [0.15, 0.2) is 5.84 Å². The lowest BCUT2D eigenvalue weighted by atomic mass is 10.1. The molecule has 0 aliphatic heterocycles. The Morgan fingerprint density at radius 3 is 2.58 bits per heavy atom. The van der Waals surface area contributed by atoms with Gasteiger partial charge in [-0.25, -0.2) is 0 Å². The fourth-order valence-electron chi connectivity index (χ4n) is 1.41. The predicted octanol–water partition coefficient (Wildman–Crippen LogP) is 1.81. The molecule has 0 saturated carbocycles. The minimum absolute atomic E-state index is 0.0568. The van der Waals surface area contributed by atoms with E-state index in [0.29, 0.717) is 17.9 Å². The first-order chi connectivity index (χ1) is 8.77. The third kappa shape index (κ3) is 3.86. The molecule has 5 heteroatoms. The van der Waals surface area contributed by atoms with Gasteiger partial charge in [-0.05, 0) is 47.0 Å². The minimum atomic E-state index is -0.104. The number of rotatable bonds is 5. The minimum Gasteiger partial charge on any atom is -0.491 e. The fourth-order valence-corrected chi connectivity index (χ4v) is 1.41. The van der Waals surface area contributed by atoms with Crippen molar-refractivity contribution >= 4 is 5.84 Å². The molecular weight excluding hydrogens is 242 g/mol. The number of oxime groups is 1. The monoisotopic (exact) mass is 265 g/mol. The van der Waals surface area contributed by atoms with Crippen LogP contribution in [0.2, 0.25) is 0 Å². The zero-order valence-corrected chi connectivity index (χ0v) is 12.3. The first-order valence-corrected chi connectivity index (χ1v) is 6.16. The summed E-state index contributed by atoms with van der Waals surface area (Å²) in [6.45, 7) is 6.63. The molecule has 0 bridgehead atoms. The second kappa shape index (κ2) is 5.93. The largest absolute Gasteiger partial charge is 0.491 e. The van der Waals surface area contributed by atoms with Crippen LogP contribution in [0.4, 0.5) is 0 Å². The molecule has 0 atom stereocenters. The van der Waals surface area contributed by atoms with Gasteiger partial charge in [0.2, 0.25) is 0 Å². The van der Waals surface area contributed by atoms with E-state index in [1.54, 1.807) is 0 Å². The van der Waals surface area contributed by atoms with Crippen molar-refractivity contribution in [2.24, 2.45) is 10.9 Å². The first kappa shape index (κ1) is 15.3. The summed E-state index contributed by atoms with van der Waals surface area (Å²) in [6, 6.07) is 5.62. The van der Waals surface area contributed by atoms with Gasteiger partial charge in [0.25, 0.3) is 0 Å². The lowest BCUT2D eigenvalue weighted by molar-refractivity contribution is 0.114. The fraction of sp³-hybridized carbons (Fsp3) is 0.500. The van der Waals surface area contributed by atoms with Crippen LogP contribution in [0.25, 0.3) is 0 Å². The van der Waals surface area contributed by atoms with E-state index in [-0.39, 0.29) is 11.4 Å². The third-order valence-corrected chi connectivity index (χ3v) is 3.31. The Balaban J connectivity index is 2.96. The number of benzene rings is 1. The summed E-state index contributed by atoms with van der Waals surface area (Å²) in [7, 11) is 4.01. The zero-order valence-electron chi connectivity index (χ0n) is 12.3. The lowest BCUT2D eigenvalue weighted by Crippen LogP contribution is -2.43. The zero-order chi connectivity index (χ0) is 14.6. The molecule has 0 aromatic heterocycles. The van der Waals surface area contributed by atoms with E-state index in [9.17, 15) is 0 Å². The molecule has 106 valence electrons. The molecule has 0 aliphatic rings. The topological polar surface area (TPSA) is 71.1 Å². The molecular formula is C14H23N3O2. The summed E-state index contributed by atoms with van der Waals surface area (Å²) < 4.78 is 5.83. The van der Waals surface area contributed by atoms with Crippen LogP contribution in [0.1, 0.15) is 25.0 Å². The van der Waals surface area contributed by atoms with Crippen molar-refractivity contribution in [3.05, 3.63) is 29.3 Å². The van der Waals surface area contributed by atoms with Gasteiger partial charge in [-0.3, -0.25) is 0 Å². The molecule has 0 saturated heterocycles. The highest BCUT2D eigenvalue weighted by Gasteiger charge is 2.22. The summed E-state index contributed by atoms with van der Waals surface area (Å²) >= 11 is 0. The second-order valence-electron chi connectivity index (χ2n) is 5.48. The average molecular weight is 265 g/mol. The van der Waals surface area contributed by atoms with Gasteiger partial charge in [-0.15, -0.1) is 0 Å². The Morgan fingerprint density at radius 2 is 2.05 bits per heavy atom. The lowest BCUT2D eigenvalue weighted by Gasteiger charge is -2.32. The van der Waals surface area contributed by atoms with Gasteiger partial charge in [0.1, 0.15) is 12.4 Å². The Labute approximate surface area is 114 Å². The quantitative estimate of drug-likeness (QED) is 0.368. The number of aryl methyl sites for hydroxylation is 1. The number of ether oxygens (including phenoxy) is 1. The molecule has 1 aromatic carbocycles. The van der Waals surface area contributed by atoms with Crippen molar-refractivity contribution in [1.29, 1.82) is 0 Å². The molecule has 0 amide bonds. The first-order valence-electron chi connectivity index (χ1n) is 6.16. The Kier molecular flexibility index (Phi) is 4.78. The molecule has 0 aliphatic carbocycles. The molecule has 3 N–H and O–H groups in total. The molecule has 1 aromatic rings. The molecule has 0 unspecified atom stereocenters. The number of hydrogen-bond donors (Lipinski definition) is 2. The van der Waals surface area contributed by atoms with Crippen molar-refractivity contribution in [2.75, 3.05) is 20.7 Å². The van der Waals surface area contributed by atoms with Gasteiger partial charge in [0, 0.05) is 5.54 Å². The molecule has 0 spiro atoms. The van der Waals surface area contributed by atoms with Crippen molar-refractivity contribution in [1.82, 2.24) is 4.90 Å². The van der Waals surface area contributed by atoms with E-state index in [1.807, 2.05) is 39.2 Å². The normalized spacial score (nSPS) is 12.8. The van der Waals surface area contributed by atoms with E-state index < -0.39 is 0 Å². The Hall–Kier alpha value is -1.75. The van der Waals surface area contributed by atoms with Gasteiger partial charge in [-0.2, -0.15) is 0 Å². The van der Waals surface area contributed by atoms with Gasteiger partial charge in [-0.1, -0.05) is 16.8 Å². The summed E-state index contributed by atoms with van der Waals surface area (Å²) in [6.07, 6.45) is 0. The van der Waals surface area contributed by atoms with Gasteiger partial charge >= 0.3 is 0 Å². The van der Waals surface area contributed by atoms with Crippen molar-refractivity contribution in [3.63, 3.8) is 0 Å². The summed E-state index contributed by atoms with van der Waals surface area (Å²) in [5, 5.41) is 11.9. The smallest absolute Gasteiger partial charge is 0.173 e. The van der Waals surface area contributed by atoms with Crippen LogP contribution < -0.4 is 10.5 Å². The number of nitrogens with two attached hydrogens (primary N) is 1. The Bertz CT molecular complexity index is 468. The van der Waals surface area contributed by atoms with Crippen LogP contribution >= 0.6 is 0 Å². The van der Waals surface area contributed by atoms with Crippen LogP contribution in [-0.2, 0) is 0 Å². The van der Waals surface area contributed by atoms with E-state index in [4.69, 9.17) is 15.7 Å². The number of nitrogens with zero attached hydrogens (tertiary/aromatic N) is 2. The number of hydrogen-bond acceptors (Lipinski definition) is 4. The Morgan fingerprint density at radius 1 is 1.42 bits per heavy atom. The van der Waals surface area contributed by atoms with Crippen molar-refractivity contribution in [3.8, 4) is 5.75 Å². The molecule has 0 radical (unpaired) electrons. The van der Waals surface area contributed by atoms with Crippen LogP contribution in [0.15, 0.2) is 23.4 Å². The molecule has 5 nitrogen and oxygen atoms in total. The number of likely N-dealkylation sites (N-methyl/N-ethyl adjacent to an activating group) is 1. The van der Waals surface area contributed by atoms with Gasteiger partial charge in [0.05, 0.1) is 5.56 Å². The maximum absolute atomic E-state index is 8.82. The SMILES string of the molecule is Cc1ccc(OCC(C)(C)N(C)C)c(/C(N)=N/O)c1. The summed E-state index contributed by atoms with van der Waals surface area (Å²) in [4.78, 5) is 2.09. The predicted molar refractivity (Wildman–Crippen MR) is 77.0 cm³/mol. The summed E-state index contributed by atoms with van der Waals surface area (Å²) in [5.74, 6) is 0.678. The van der Waals surface area contributed by atoms with Crippen LogP contribution in [-0.4, -0.2) is 42.2 Å². The van der Waals surface area contributed by atoms with Crippen LogP contribution in [0.3, 0.4) is 0 Å². The third-order valence-electron chi connectivity index (χ3n) is 3.31. The van der Waals surface area contributed by atoms with Crippen molar-refractivity contribution < 1.29 is 9.94 Å². The van der Waals surface area contributed by atoms with E-state index >= 15 is 0 Å². The molecule has 0 heterocycles. The maximum atomic E-state index is 8.82. The molecule has 1 rings (SSSR count). The molecule has 0 fully saturated rings. The van der Waals surface area contributed by atoms with E-state index in [0.717, 1.165) is 5.56 Å². The second-order valence-corrected chi connectivity index (χ2v) is 5.48. The van der Waals surface area contributed by atoms with Crippen molar-refractivity contribution in [2.45, 2.75) is 26.3 Å². The van der Waals surface area contributed by atoms with Crippen LogP contribution in [0, 0.1) is 6.92 Å². The summed E-state index contributed by atoms with van der Waals surface area (Å²) in [5.41, 5.74) is 7.21. The highest BCUT2D eigenvalue weighted by Crippen LogP contribution is 2.22. The van der Waals surface area contributed by atoms with E-state index in [1.165, 1.54) is 0 Å².